The van der Waals surface area contributed by atoms with Crippen molar-refractivity contribution in [1.82, 2.24) is 4.98 Å². The van der Waals surface area contributed by atoms with Crippen molar-refractivity contribution in [2.45, 2.75) is 13.8 Å². The van der Waals surface area contributed by atoms with E-state index in [0.29, 0.717) is 19.6 Å². The number of rotatable bonds is 5. The highest BCUT2D eigenvalue weighted by Crippen LogP contribution is 2.17. The molecule has 16 heavy (non-hydrogen) atoms. The summed E-state index contributed by atoms with van der Waals surface area (Å²) >= 11 is 0. The van der Waals surface area contributed by atoms with Crippen LogP contribution in [0.5, 0.6) is 0 Å². The van der Waals surface area contributed by atoms with Crippen LogP contribution in [0.1, 0.15) is 13.8 Å². The molecule has 90 valence electrons. The summed E-state index contributed by atoms with van der Waals surface area (Å²) in [6.07, 6.45) is 1.02. The monoisotopic (exact) mass is 229 g/mol. The van der Waals surface area contributed by atoms with E-state index in [0.717, 1.165) is 12.3 Å². The van der Waals surface area contributed by atoms with Crippen LogP contribution in [0.25, 0.3) is 0 Å². The van der Waals surface area contributed by atoms with Crippen molar-refractivity contribution in [1.29, 1.82) is 0 Å². The fourth-order valence-corrected chi connectivity index (χ4v) is 1.46. The highest BCUT2D eigenvalue weighted by atomic mass is 19.1. The lowest BCUT2D eigenvalue weighted by atomic mass is 10.1. The number of hydrogen-bond acceptors (Lipinski definition) is 3. The molecule has 0 saturated carbocycles. The van der Waals surface area contributed by atoms with Gasteiger partial charge in [-0.15, -0.1) is 0 Å². The third kappa shape index (κ3) is 3.13. The minimum Gasteiger partial charge on any atom is -0.354 e. The molecule has 3 nitrogen and oxygen atoms in total. The average Bonchev–Trinajstić information content (AvgIpc) is 2.26. The lowest BCUT2D eigenvalue weighted by Gasteiger charge is -2.25. The van der Waals surface area contributed by atoms with Gasteiger partial charge in [-0.2, -0.15) is 0 Å². The van der Waals surface area contributed by atoms with E-state index in [2.05, 4.69) is 4.98 Å². The highest BCUT2D eigenvalue weighted by Gasteiger charge is 2.14. The SMILES string of the molecule is CCN(CC(C)CN)c1ncc(F)cc1F. The Bertz CT molecular complexity index is 344. The maximum Gasteiger partial charge on any atom is 0.168 e. The molecule has 0 fully saturated rings. The van der Waals surface area contributed by atoms with Gasteiger partial charge in [-0.3, -0.25) is 0 Å². The minimum atomic E-state index is -0.663. The predicted octanol–water partition coefficient (Wildman–Crippen LogP) is 1.78. The Morgan fingerprint density at radius 2 is 2.19 bits per heavy atom. The largest absolute Gasteiger partial charge is 0.354 e. The van der Waals surface area contributed by atoms with E-state index in [9.17, 15) is 8.78 Å². The molecule has 0 aromatic carbocycles. The van der Waals surface area contributed by atoms with Crippen LogP contribution in [0.3, 0.4) is 0 Å². The summed E-state index contributed by atoms with van der Waals surface area (Å²) in [7, 11) is 0. The van der Waals surface area contributed by atoms with Crippen molar-refractivity contribution in [2.75, 3.05) is 24.5 Å². The fraction of sp³-hybridized carbons (Fsp3) is 0.545. The quantitative estimate of drug-likeness (QED) is 0.836. The Balaban J connectivity index is 2.86. The fourth-order valence-electron chi connectivity index (χ4n) is 1.46. The second kappa shape index (κ2) is 5.75. The van der Waals surface area contributed by atoms with Gasteiger partial charge in [0.2, 0.25) is 0 Å². The first kappa shape index (κ1) is 12.8. The van der Waals surface area contributed by atoms with Gasteiger partial charge < -0.3 is 10.6 Å². The van der Waals surface area contributed by atoms with Crippen molar-refractivity contribution in [2.24, 2.45) is 11.7 Å². The first-order valence-corrected chi connectivity index (χ1v) is 5.34. The molecule has 0 aliphatic carbocycles. The topological polar surface area (TPSA) is 42.1 Å². The number of hydrogen-bond donors (Lipinski definition) is 1. The molecule has 0 aliphatic heterocycles. The molecule has 0 amide bonds. The first-order valence-electron chi connectivity index (χ1n) is 5.34. The molecule has 0 spiro atoms. The Morgan fingerprint density at radius 3 is 2.69 bits per heavy atom. The Labute approximate surface area is 94.3 Å². The Hall–Kier alpha value is -1.23. The molecular formula is C11H17F2N3. The number of aromatic nitrogens is 1. The first-order chi connectivity index (χ1) is 7.58. The van der Waals surface area contributed by atoms with E-state index >= 15 is 0 Å². The number of anilines is 1. The summed E-state index contributed by atoms with van der Waals surface area (Å²) in [6.45, 7) is 5.62. The second-order valence-corrected chi connectivity index (χ2v) is 3.84. The normalized spacial score (nSPS) is 12.6. The van der Waals surface area contributed by atoms with Crippen molar-refractivity contribution in [3.63, 3.8) is 0 Å². The van der Waals surface area contributed by atoms with E-state index < -0.39 is 11.6 Å². The molecule has 2 N–H and O–H groups in total. The van der Waals surface area contributed by atoms with Crippen LogP contribution in [-0.4, -0.2) is 24.6 Å². The van der Waals surface area contributed by atoms with Crippen LogP contribution < -0.4 is 10.6 Å². The maximum atomic E-state index is 13.5. The van der Waals surface area contributed by atoms with E-state index in [1.54, 1.807) is 4.90 Å². The molecule has 1 heterocycles. The lowest BCUT2D eigenvalue weighted by Crippen LogP contribution is -2.32. The van der Waals surface area contributed by atoms with Crippen LogP contribution in [0.15, 0.2) is 12.3 Å². The van der Waals surface area contributed by atoms with Gasteiger partial charge in [0, 0.05) is 19.2 Å². The zero-order valence-corrected chi connectivity index (χ0v) is 9.58. The summed E-state index contributed by atoms with van der Waals surface area (Å²) in [6, 6.07) is 0.845. The second-order valence-electron chi connectivity index (χ2n) is 3.84. The van der Waals surface area contributed by atoms with E-state index in [4.69, 9.17) is 5.73 Å². The van der Waals surface area contributed by atoms with Gasteiger partial charge in [0.15, 0.2) is 11.6 Å². The van der Waals surface area contributed by atoms with Crippen molar-refractivity contribution >= 4 is 5.82 Å². The summed E-state index contributed by atoms with van der Waals surface area (Å²) in [5, 5.41) is 0. The molecule has 0 aliphatic rings. The van der Waals surface area contributed by atoms with Crippen LogP contribution in [0.4, 0.5) is 14.6 Å². The minimum absolute atomic E-state index is 0.184. The standard InChI is InChI=1S/C11H17F2N3/c1-3-16(7-8(2)5-14)11-10(13)4-9(12)6-15-11/h4,6,8H,3,5,7,14H2,1-2H3. The molecule has 5 heteroatoms. The van der Waals surface area contributed by atoms with Crippen molar-refractivity contribution in [3.05, 3.63) is 23.9 Å². The van der Waals surface area contributed by atoms with Gasteiger partial charge >= 0.3 is 0 Å². The third-order valence-corrected chi connectivity index (χ3v) is 2.40. The summed E-state index contributed by atoms with van der Waals surface area (Å²) < 4.78 is 26.2. The van der Waals surface area contributed by atoms with Crippen LogP contribution in [-0.2, 0) is 0 Å². The number of halogens is 2. The molecule has 0 saturated heterocycles. The summed E-state index contributed by atoms with van der Waals surface area (Å²) in [5.41, 5.74) is 5.51. The maximum absolute atomic E-state index is 13.5. The Kier molecular flexibility index (Phi) is 4.61. The van der Waals surface area contributed by atoms with Gasteiger partial charge in [0.25, 0.3) is 0 Å². The molecule has 1 rings (SSSR count). The van der Waals surface area contributed by atoms with Gasteiger partial charge in [-0.1, -0.05) is 6.92 Å². The zero-order valence-electron chi connectivity index (χ0n) is 9.58. The third-order valence-electron chi connectivity index (χ3n) is 2.40. The zero-order chi connectivity index (χ0) is 12.1. The van der Waals surface area contributed by atoms with Gasteiger partial charge in [-0.25, -0.2) is 13.8 Å². The number of pyridine rings is 1. The molecule has 1 aromatic rings. The summed E-state index contributed by atoms with van der Waals surface area (Å²) in [4.78, 5) is 5.53. The van der Waals surface area contributed by atoms with E-state index in [1.807, 2.05) is 13.8 Å². The lowest BCUT2D eigenvalue weighted by molar-refractivity contribution is 0.542. The average molecular weight is 229 g/mol. The molecule has 0 bridgehead atoms. The van der Waals surface area contributed by atoms with Crippen LogP contribution in [0.2, 0.25) is 0 Å². The predicted molar refractivity (Wildman–Crippen MR) is 60.3 cm³/mol. The molecule has 1 aromatic heterocycles. The van der Waals surface area contributed by atoms with E-state index in [1.165, 1.54) is 0 Å². The van der Waals surface area contributed by atoms with Gasteiger partial charge in [-0.05, 0) is 19.4 Å². The van der Waals surface area contributed by atoms with Gasteiger partial charge in [0.05, 0.1) is 6.20 Å². The Morgan fingerprint density at radius 1 is 1.50 bits per heavy atom. The molecule has 1 unspecified atom stereocenters. The van der Waals surface area contributed by atoms with Crippen LogP contribution in [0, 0.1) is 17.6 Å². The smallest absolute Gasteiger partial charge is 0.168 e. The van der Waals surface area contributed by atoms with Crippen LogP contribution >= 0.6 is 0 Å². The molecule has 0 radical (unpaired) electrons. The van der Waals surface area contributed by atoms with E-state index in [-0.39, 0.29) is 11.7 Å². The van der Waals surface area contributed by atoms with Crippen molar-refractivity contribution < 1.29 is 8.78 Å². The van der Waals surface area contributed by atoms with Crippen molar-refractivity contribution in [3.8, 4) is 0 Å². The molecular weight excluding hydrogens is 212 g/mol. The number of nitrogens with zero attached hydrogens (tertiary/aromatic N) is 2. The van der Waals surface area contributed by atoms with Gasteiger partial charge in [0.1, 0.15) is 5.82 Å². The molecule has 1 atom stereocenters. The number of nitrogens with two attached hydrogens (primary N) is 1. The summed E-state index contributed by atoms with van der Waals surface area (Å²) in [5.74, 6) is -0.870. The highest BCUT2D eigenvalue weighted by molar-refractivity contribution is 5.39.